The van der Waals surface area contributed by atoms with E-state index >= 15 is 0 Å². The minimum atomic E-state index is -0.731. The molecule has 5 nitrogen and oxygen atoms in total. The standard InChI is InChI=1S/C15H17ClN2O3/c1-10(20)18-14-12(21-2)6-5-11(16)13(14)15(17-9-19)7-3-4-8-15/h5-6H,3-4,7-8H2,1-2H3,(H,18,20). The number of nitrogens with one attached hydrogen (secondary N) is 1. The van der Waals surface area contributed by atoms with Crippen LogP contribution < -0.4 is 10.1 Å². The quantitative estimate of drug-likeness (QED) is 0.684. The van der Waals surface area contributed by atoms with Crippen molar-refractivity contribution in [3.63, 3.8) is 0 Å². The topological polar surface area (TPSA) is 67.8 Å². The molecule has 1 aromatic rings. The molecular formula is C15H17ClN2O3. The fraction of sp³-hybridized carbons (Fsp3) is 0.467. The third-order valence-corrected chi connectivity index (χ3v) is 4.11. The van der Waals surface area contributed by atoms with Gasteiger partial charge in [0.15, 0.2) is 0 Å². The molecule has 0 radical (unpaired) electrons. The minimum absolute atomic E-state index is 0.236. The lowest BCUT2D eigenvalue weighted by Crippen LogP contribution is -2.23. The Bertz CT molecular complexity index is 603. The van der Waals surface area contributed by atoms with E-state index < -0.39 is 5.54 Å². The van der Waals surface area contributed by atoms with Gasteiger partial charge in [0, 0.05) is 17.5 Å². The summed E-state index contributed by atoms with van der Waals surface area (Å²) in [5.41, 5.74) is 0.392. The van der Waals surface area contributed by atoms with E-state index in [2.05, 4.69) is 10.3 Å². The number of hydrogen-bond acceptors (Lipinski definition) is 4. The maximum Gasteiger partial charge on any atom is 0.235 e. The fourth-order valence-electron chi connectivity index (χ4n) is 2.95. The van der Waals surface area contributed by atoms with Crippen LogP contribution >= 0.6 is 11.6 Å². The van der Waals surface area contributed by atoms with Crippen LogP contribution in [0.15, 0.2) is 17.1 Å². The number of anilines is 1. The molecule has 6 heteroatoms. The smallest absolute Gasteiger partial charge is 0.235 e. The zero-order valence-corrected chi connectivity index (χ0v) is 12.8. The molecular weight excluding hydrogens is 292 g/mol. The fourth-order valence-corrected chi connectivity index (χ4v) is 3.28. The number of isocyanates is 1. The van der Waals surface area contributed by atoms with Crippen LogP contribution in [0.25, 0.3) is 0 Å². The van der Waals surface area contributed by atoms with Gasteiger partial charge in [-0.1, -0.05) is 24.4 Å². The summed E-state index contributed by atoms with van der Waals surface area (Å²) in [6.07, 6.45) is 4.93. The van der Waals surface area contributed by atoms with Crippen LogP contribution in [0.2, 0.25) is 5.02 Å². The van der Waals surface area contributed by atoms with Crippen molar-refractivity contribution in [2.45, 2.75) is 38.1 Å². The van der Waals surface area contributed by atoms with Gasteiger partial charge in [-0.25, -0.2) is 4.79 Å². The zero-order chi connectivity index (χ0) is 15.5. The number of carbonyl (C=O) groups excluding carboxylic acids is 2. The van der Waals surface area contributed by atoms with Gasteiger partial charge in [0.25, 0.3) is 0 Å². The van der Waals surface area contributed by atoms with Crippen LogP contribution in [0.3, 0.4) is 0 Å². The number of ether oxygens (including phenoxy) is 1. The predicted octanol–water partition coefficient (Wildman–Crippen LogP) is 3.41. The molecule has 0 unspecified atom stereocenters. The van der Waals surface area contributed by atoms with E-state index in [1.165, 1.54) is 14.0 Å². The number of aliphatic imine (C=N–C) groups is 1. The number of methoxy groups -OCH3 is 1. The van der Waals surface area contributed by atoms with Crippen molar-refractivity contribution in [1.29, 1.82) is 0 Å². The maximum absolute atomic E-state index is 11.5. The Labute approximate surface area is 128 Å². The van der Waals surface area contributed by atoms with Crippen LogP contribution in [0.5, 0.6) is 5.75 Å². The Balaban J connectivity index is 2.70. The normalized spacial score (nSPS) is 16.1. The van der Waals surface area contributed by atoms with E-state index in [0.29, 0.717) is 34.9 Å². The van der Waals surface area contributed by atoms with Crippen LogP contribution in [0, 0.1) is 0 Å². The molecule has 1 aliphatic carbocycles. The molecule has 0 atom stereocenters. The number of carbonyl (C=O) groups is 1. The van der Waals surface area contributed by atoms with Crippen LogP contribution in [-0.4, -0.2) is 19.1 Å². The summed E-state index contributed by atoms with van der Waals surface area (Å²) in [6.45, 7) is 1.41. The van der Waals surface area contributed by atoms with Crippen LogP contribution in [-0.2, 0) is 15.1 Å². The van der Waals surface area contributed by atoms with Gasteiger partial charge in [-0.05, 0) is 25.0 Å². The summed E-state index contributed by atoms with van der Waals surface area (Å²) in [4.78, 5) is 26.4. The first-order chi connectivity index (χ1) is 10.0. The van der Waals surface area contributed by atoms with Crippen molar-refractivity contribution in [3.05, 3.63) is 22.7 Å². The third-order valence-electron chi connectivity index (χ3n) is 3.79. The molecule has 1 fully saturated rings. The van der Waals surface area contributed by atoms with Crippen molar-refractivity contribution in [2.24, 2.45) is 4.99 Å². The lowest BCUT2D eigenvalue weighted by atomic mass is 9.87. The summed E-state index contributed by atoms with van der Waals surface area (Å²) in [5.74, 6) is 0.261. The van der Waals surface area contributed by atoms with E-state index in [9.17, 15) is 9.59 Å². The van der Waals surface area contributed by atoms with Gasteiger partial charge in [0.2, 0.25) is 12.0 Å². The van der Waals surface area contributed by atoms with E-state index in [1.807, 2.05) is 0 Å². The van der Waals surface area contributed by atoms with Gasteiger partial charge >= 0.3 is 0 Å². The van der Waals surface area contributed by atoms with Gasteiger partial charge in [0.1, 0.15) is 11.3 Å². The van der Waals surface area contributed by atoms with Gasteiger partial charge in [-0.2, -0.15) is 4.99 Å². The second-order valence-electron chi connectivity index (χ2n) is 5.12. The second kappa shape index (κ2) is 6.29. The second-order valence-corrected chi connectivity index (χ2v) is 5.53. The Morgan fingerprint density at radius 3 is 2.62 bits per heavy atom. The lowest BCUT2D eigenvalue weighted by Gasteiger charge is -2.28. The third kappa shape index (κ3) is 2.94. The molecule has 0 aromatic heterocycles. The van der Waals surface area contributed by atoms with Crippen molar-refractivity contribution in [1.82, 2.24) is 0 Å². The van der Waals surface area contributed by atoms with Crippen LogP contribution in [0.4, 0.5) is 5.69 Å². The number of benzene rings is 1. The Hall–Kier alpha value is -1.84. The first-order valence-corrected chi connectivity index (χ1v) is 7.15. The molecule has 1 amide bonds. The van der Waals surface area contributed by atoms with Crippen molar-refractivity contribution in [2.75, 3.05) is 12.4 Å². The summed E-state index contributed by atoms with van der Waals surface area (Å²) in [5, 5.41) is 3.21. The lowest BCUT2D eigenvalue weighted by molar-refractivity contribution is -0.114. The molecule has 1 aromatic carbocycles. The van der Waals surface area contributed by atoms with E-state index in [0.717, 1.165) is 12.8 Å². The average molecular weight is 309 g/mol. The van der Waals surface area contributed by atoms with E-state index in [4.69, 9.17) is 16.3 Å². The minimum Gasteiger partial charge on any atom is -0.495 e. The summed E-state index contributed by atoms with van der Waals surface area (Å²) >= 11 is 6.35. The Morgan fingerprint density at radius 2 is 2.10 bits per heavy atom. The molecule has 0 spiro atoms. The maximum atomic E-state index is 11.5. The number of nitrogens with zero attached hydrogens (tertiary/aromatic N) is 1. The molecule has 112 valence electrons. The largest absolute Gasteiger partial charge is 0.495 e. The first-order valence-electron chi connectivity index (χ1n) is 6.77. The highest BCUT2D eigenvalue weighted by molar-refractivity contribution is 6.32. The SMILES string of the molecule is COc1ccc(Cl)c(C2(N=C=O)CCCC2)c1NC(C)=O. The average Bonchev–Trinajstić information content (AvgIpc) is 2.88. The van der Waals surface area contributed by atoms with Crippen molar-refractivity contribution >= 4 is 29.3 Å². The van der Waals surface area contributed by atoms with E-state index in [-0.39, 0.29) is 5.91 Å². The van der Waals surface area contributed by atoms with Crippen molar-refractivity contribution in [3.8, 4) is 5.75 Å². The molecule has 1 N–H and O–H groups in total. The Kier molecular flexibility index (Phi) is 4.66. The summed E-state index contributed by atoms with van der Waals surface area (Å²) in [6, 6.07) is 3.38. The first kappa shape index (κ1) is 15.5. The molecule has 0 saturated heterocycles. The van der Waals surface area contributed by atoms with Crippen LogP contribution in [0.1, 0.15) is 38.2 Å². The predicted molar refractivity (Wildman–Crippen MR) is 80.6 cm³/mol. The molecule has 0 heterocycles. The molecule has 2 rings (SSSR count). The van der Waals surface area contributed by atoms with Gasteiger partial charge in [-0.3, -0.25) is 4.79 Å². The van der Waals surface area contributed by atoms with Gasteiger partial charge < -0.3 is 10.1 Å². The molecule has 1 saturated carbocycles. The number of hydrogen-bond donors (Lipinski definition) is 1. The zero-order valence-electron chi connectivity index (χ0n) is 12.0. The van der Waals surface area contributed by atoms with E-state index in [1.54, 1.807) is 18.2 Å². The van der Waals surface area contributed by atoms with Gasteiger partial charge in [0.05, 0.1) is 12.8 Å². The van der Waals surface area contributed by atoms with Gasteiger partial charge in [-0.15, -0.1) is 0 Å². The molecule has 0 aliphatic heterocycles. The summed E-state index contributed by atoms with van der Waals surface area (Å²) in [7, 11) is 1.52. The highest BCUT2D eigenvalue weighted by Gasteiger charge is 2.40. The molecule has 21 heavy (non-hydrogen) atoms. The van der Waals surface area contributed by atoms with Crippen molar-refractivity contribution < 1.29 is 14.3 Å². The number of halogens is 1. The monoisotopic (exact) mass is 308 g/mol. The highest BCUT2D eigenvalue weighted by Crippen LogP contribution is 2.50. The number of rotatable bonds is 4. The highest BCUT2D eigenvalue weighted by atomic mass is 35.5. The molecule has 1 aliphatic rings. The summed E-state index contributed by atoms with van der Waals surface area (Å²) < 4.78 is 5.31. The number of amides is 1. The molecule has 0 bridgehead atoms. The Morgan fingerprint density at radius 1 is 1.43 bits per heavy atom.